The highest BCUT2D eigenvalue weighted by Gasteiger charge is 2.57. The summed E-state index contributed by atoms with van der Waals surface area (Å²) in [5.74, 6) is 1.80. The van der Waals surface area contributed by atoms with Crippen molar-refractivity contribution in [2.24, 2.45) is 5.10 Å². The summed E-state index contributed by atoms with van der Waals surface area (Å²) in [5.41, 5.74) is 4.57. The molecule has 9 heteroatoms. The van der Waals surface area contributed by atoms with Crippen molar-refractivity contribution in [3.63, 3.8) is 0 Å². The van der Waals surface area contributed by atoms with Crippen LogP contribution in [-0.4, -0.2) is 87.2 Å². The number of hydrogen-bond acceptors (Lipinski definition) is 7. The van der Waals surface area contributed by atoms with Gasteiger partial charge in [0.05, 0.1) is 40.5 Å². The van der Waals surface area contributed by atoms with E-state index in [0.717, 1.165) is 71.6 Å². The number of amides is 1. The van der Waals surface area contributed by atoms with Gasteiger partial charge >= 0.3 is 0 Å². The van der Waals surface area contributed by atoms with Crippen LogP contribution in [0.15, 0.2) is 84.0 Å². The van der Waals surface area contributed by atoms with Crippen LogP contribution in [0.5, 0.6) is 23.0 Å². The van der Waals surface area contributed by atoms with Crippen LogP contribution in [0.3, 0.4) is 0 Å². The molecule has 2 heterocycles. The Hall–Kier alpha value is -5.02. The van der Waals surface area contributed by atoms with Gasteiger partial charge in [0.2, 0.25) is 0 Å². The van der Waals surface area contributed by atoms with Crippen LogP contribution in [-0.2, 0) is 5.54 Å². The molecule has 9 nitrogen and oxygen atoms in total. The van der Waals surface area contributed by atoms with E-state index in [4.69, 9.17) is 14.6 Å². The van der Waals surface area contributed by atoms with E-state index in [9.17, 15) is 9.90 Å². The maximum absolute atomic E-state index is 14.6. The number of phenolic OH excluding ortho intramolecular Hbond substituents is 1. The fourth-order valence-corrected chi connectivity index (χ4v) is 8.43. The van der Waals surface area contributed by atoms with Crippen LogP contribution in [0.2, 0.25) is 0 Å². The van der Waals surface area contributed by atoms with Gasteiger partial charge in [-0.1, -0.05) is 62.4 Å². The first-order valence-corrected chi connectivity index (χ1v) is 21.3. The van der Waals surface area contributed by atoms with Crippen molar-refractivity contribution < 1.29 is 23.9 Å². The van der Waals surface area contributed by atoms with Gasteiger partial charge in [0.1, 0.15) is 28.5 Å². The number of phenols is 1. The highest BCUT2D eigenvalue weighted by molar-refractivity contribution is 6.03. The number of anilines is 2. The molecule has 0 bridgehead atoms. The van der Waals surface area contributed by atoms with Crippen LogP contribution in [0, 0.1) is 0 Å². The SMILES string of the molecule is CCN(CC)c1ccc2c(c1)Oc1cc(N(CC)CC)ccc1C21c2ccccc2C(=O)N1N=Cc1ccc(OCCCCCCCCCC[N+](C)(C)C)cc1O. The highest BCUT2D eigenvalue weighted by Crippen LogP contribution is 2.58. The lowest BCUT2D eigenvalue weighted by atomic mass is 9.75. The monoisotopic (exact) mass is 774 g/mol. The molecule has 2 aliphatic rings. The van der Waals surface area contributed by atoms with Gasteiger partial charge in [-0.15, -0.1) is 0 Å². The summed E-state index contributed by atoms with van der Waals surface area (Å²) >= 11 is 0. The van der Waals surface area contributed by atoms with Crippen LogP contribution >= 0.6 is 0 Å². The zero-order valence-electron chi connectivity index (χ0n) is 35.4. The summed E-state index contributed by atoms with van der Waals surface area (Å²) in [6.45, 7) is 13.8. The molecule has 2 aliphatic heterocycles. The first kappa shape index (κ1) is 41.6. The van der Waals surface area contributed by atoms with Crippen molar-refractivity contribution in [3.05, 3.63) is 107 Å². The minimum atomic E-state index is -1.11. The summed E-state index contributed by atoms with van der Waals surface area (Å²) in [7, 11) is 6.78. The zero-order chi connectivity index (χ0) is 40.6. The van der Waals surface area contributed by atoms with Crippen molar-refractivity contribution in [1.29, 1.82) is 0 Å². The molecular weight excluding hydrogens is 711 g/mol. The molecule has 0 saturated carbocycles. The molecule has 1 amide bonds. The van der Waals surface area contributed by atoms with Gasteiger partial charge in [-0.25, -0.2) is 5.01 Å². The van der Waals surface area contributed by atoms with Crippen molar-refractivity contribution in [2.75, 3.05) is 70.3 Å². The fourth-order valence-electron chi connectivity index (χ4n) is 8.43. The summed E-state index contributed by atoms with van der Waals surface area (Å²) in [6.07, 6.45) is 11.4. The Kier molecular flexibility index (Phi) is 13.5. The largest absolute Gasteiger partial charge is 0.507 e. The van der Waals surface area contributed by atoms with Gasteiger partial charge in [-0.05, 0) is 77.3 Å². The molecule has 0 aromatic heterocycles. The maximum Gasteiger partial charge on any atom is 0.275 e. The second kappa shape index (κ2) is 18.5. The van der Waals surface area contributed by atoms with Crippen molar-refractivity contribution in [2.45, 2.75) is 84.6 Å². The average molecular weight is 775 g/mol. The maximum atomic E-state index is 14.6. The topological polar surface area (TPSA) is 77.8 Å². The minimum Gasteiger partial charge on any atom is -0.507 e. The van der Waals surface area contributed by atoms with Crippen molar-refractivity contribution >= 4 is 23.5 Å². The van der Waals surface area contributed by atoms with E-state index in [1.807, 2.05) is 30.3 Å². The summed E-state index contributed by atoms with van der Waals surface area (Å²) in [5, 5.41) is 17.7. The van der Waals surface area contributed by atoms with Crippen molar-refractivity contribution in [3.8, 4) is 23.0 Å². The molecule has 0 radical (unpaired) electrons. The molecular formula is C48H64N5O4+. The highest BCUT2D eigenvalue weighted by atomic mass is 16.5. The number of ether oxygens (including phenoxy) is 2. The van der Waals surface area contributed by atoms with Crippen molar-refractivity contribution in [1.82, 2.24) is 5.01 Å². The molecule has 0 atom stereocenters. The molecule has 0 fully saturated rings. The normalized spacial score (nSPS) is 14.1. The van der Waals surface area contributed by atoms with Crippen LogP contribution in [0.4, 0.5) is 11.4 Å². The number of unbranched alkanes of at least 4 members (excludes halogenated alkanes) is 7. The first-order valence-electron chi connectivity index (χ1n) is 21.3. The molecule has 4 aromatic rings. The van der Waals surface area contributed by atoms with E-state index < -0.39 is 5.54 Å². The Morgan fingerprint density at radius 1 is 0.719 bits per heavy atom. The Balaban J connectivity index is 1.24. The molecule has 0 unspecified atom stereocenters. The fraction of sp³-hybridized carbons (Fsp3) is 0.458. The van der Waals surface area contributed by atoms with E-state index in [1.54, 1.807) is 23.4 Å². The lowest BCUT2D eigenvalue weighted by molar-refractivity contribution is -0.870. The smallest absolute Gasteiger partial charge is 0.275 e. The predicted octanol–water partition coefficient (Wildman–Crippen LogP) is 10.2. The number of quaternary nitrogens is 1. The van der Waals surface area contributed by atoms with E-state index in [2.05, 4.69) is 95.0 Å². The Morgan fingerprint density at radius 2 is 1.28 bits per heavy atom. The van der Waals surface area contributed by atoms with Gasteiger partial charge in [0, 0.05) is 83.6 Å². The molecule has 304 valence electrons. The number of carbonyl (C=O) groups excluding carboxylic acids is 1. The van der Waals surface area contributed by atoms with E-state index >= 15 is 0 Å². The number of benzene rings is 4. The number of rotatable bonds is 20. The standard InChI is InChI=1S/C48H63N5O4/c1-8-50(9-2)37-25-28-42-45(32-37)57-46-33-38(51(10-3)11-4)26-29-43(46)48(42)41-23-19-18-22-40(41)47(55)52(48)49-35-36-24-27-39(34-44(36)54)56-31-21-17-15-13-12-14-16-20-30-53(5,6)7/h18-19,22-29,32-35H,8-17,20-21,30-31H2,1-7H3/p+1. The Morgan fingerprint density at radius 3 is 1.84 bits per heavy atom. The summed E-state index contributed by atoms with van der Waals surface area (Å²) in [6, 6.07) is 25.6. The number of carbonyl (C=O) groups is 1. The second-order valence-electron chi connectivity index (χ2n) is 16.3. The molecule has 0 aliphatic carbocycles. The number of hydrogen-bond donors (Lipinski definition) is 1. The summed E-state index contributed by atoms with van der Waals surface area (Å²) in [4.78, 5) is 19.1. The summed E-state index contributed by atoms with van der Waals surface area (Å²) < 4.78 is 13.9. The number of fused-ring (bicyclic) bond motifs is 6. The van der Waals surface area contributed by atoms with Gasteiger partial charge in [0.15, 0.2) is 0 Å². The van der Waals surface area contributed by atoms with E-state index in [-0.39, 0.29) is 11.7 Å². The quantitative estimate of drug-likeness (QED) is 0.0547. The lowest BCUT2D eigenvalue weighted by Gasteiger charge is -2.42. The molecule has 57 heavy (non-hydrogen) atoms. The number of nitrogens with zero attached hydrogens (tertiary/aromatic N) is 5. The van der Waals surface area contributed by atoms with Crippen LogP contribution in [0.25, 0.3) is 0 Å². The van der Waals surface area contributed by atoms with Gasteiger partial charge in [0.25, 0.3) is 5.91 Å². The number of hydrazone groups is 1. The van der Waals surface area contributed by atoms with E-state index in [0.29, 0.717) is 35.0 Å². The molecule has 6 rings (SSSR count). The van der Waals surface area contributed by atoms with Crippen LogP contribution < -0.4 is 19.3 Å². The van der Waals surface area contributed by atoms with Gasteiger partial charge in [-0.2, -0.15) is 5.10 Å². The lowest BCUT2D eigenvalue weighted by Crippen LogP contribution is -2.44. The number of aromatic hydroxyl groups is 1. The Labute approximate surface area is 341 Å². The van der Waals surface area contributed by atoms with Crippen LogP contribution in [0.1, 0.15) is 112 Å². The Bertz CT molecular complexity index is 1950. The van der Waals surface area contributed by atoms with E-state index in [1.165, 1.54) is 45.1 Å². The molecule has 1 spiro atoms. The predicted molar refractivity (Wildman–Crippen MR) is 234 cm³/mol. The molecule has 0 saturated heterocycles. The minimum absolute atomic E-state index is 0.0419. The first-order chi connectivity index (χ1) is 27.5. The average Bonchev–Trinajstić information content (AvgIpc) is 3.44. The third-order valence-corrected chi connectivity index (χ3v) is 11.6. The zero-order valence-corrected chi connectivity index (χ0v) is 35.4. The second-order valence-corrected chi connectivity index (χ2v) is 16.3. The molecule has 4 aromatic carbocycles. The third kappa shape index (κ3) is 8.94. The van der Waals surface area contributed by atoms with Gasteiger partial charge < -0.3 is 28.9 Å². The molecule has 1 N–H and O–H groups in total. The third-order valence-electron chi connectivity index (χ3n) is 11.6. The van der Waals surface area contributed by atoms with Gasteiger partial charge in [-0.3, -0.25) is 4.79 Å².